The molecule has 1 fully saturated rings. The van der Waals surface area contributed by atoms with Crippen LogP contribution in [0.1, 0.15) is 45.3 Å². The number of aromatic carboxylic acids is 1. The first-order valence-electron chi connectivity index (χ1n) is 8.27. The molecule has 1 aromatic heterocycles. The molecule has 0 radical (unpaired) electrons. The van der Waals surface area contributed by atoms with Gasteiger partial charge in [0.1, 0.15) is 5.69 Å². The van der Waals surface area contributed by atoms with Crippen molar-refractivity contribution in [3.63, 3.8) is 0 Å². The van der Waals surface area contributed by atoms with Crippen LogP contribution in [-0.4, -0.2) is 47.6 Å². The van der Waals surface area contributed by atoms with E-state index in [-0.39, 0.29) is 17.6 Å². The van der Waals surface area contributed by atoms with Gasteiger partial charge in [0.25, 0.3) is 5.91 Å². The molecule has 136 valence electrons. The van der Waals surface area contributed by atoms with Gasteiger partial charge in [0.15, 0.2) is 11.5 Å². The van der Waals surface area contributed by atoms with Crippen molar-refractivity contribution in [3.05, 3.63) is 53.3 Å². The molecule has 0 aliphatic carbocycles. The summed E-state index contributed by atoms with van der Waals surface area (Å²) in [5.74, 6) is -0.113. The quantitative estimate of drug-likeness (QED) is 0.886. The summed E-state index contributed by atoms with van der Waals surface area (Å²) in [5.41, 5.74) is 1.14. The maximum absolute atomic E-state index is 12.9. The Balaban J connectivity index is 1.89. The Morgan fingerprint density at radius 2 is 1.92 bits per heavy atom. The van der Waals surface area contributed by atoms with E-state index in [0.717, 1.165) is 18.4 Å². The van der Waals surface area contributed by atoms with Gasteiger partial charge in [-0.2, -0.15) is 0 Å². The van der Waals surface area contributed by atoms with Crippen molar-refractivity contribution in [1.29, 1.82) is 0 Å². The SMILES string of the molecule is COc1ccc(C2CCCN2C(=O)c2ccnc(C(=O)O)c2)cc1OC. The predicted octanol–water partition coefficient (Wildman–Crippen LogP) is 2.77. The van der Waals surface area contributed by atoms with Crippen LogP contribution in [0, 0.1) is 0 Å². The molecular formula is C19H20N2O5. The van der Waals surface area contributed by atoms with Gasteiger partial charge >= 0.3 is 5.97 Å². The first-order valence-corrected chi connectivity index (χ1v) is 8.27. The predicted molar refractivity (Wildman–Crippen MR) is 93.8 cm³/mol. The molecule has 1 aliphatic rings. The van der Waals surface area contributed by atoms with Crippen LogP contribution in [0.4, 0.5) is 0 Å². The zero-order valence-electron chi connectivity index (χ0n) is 14.6. The molecule has 1 unspecified atom stereocenters. The van der Waals surface area contributed by atoms with Crippen molar-refractivity contribution >= 4 is 11.9 Å². The van der Waals surface area contributed by atoms with Gasteiger partial charge in [0.2, 0.25) is 0 Å². The number of benzene rings is 1. The number of amides is 1. The molecule has 1 aliphatic heterocycles. The van der Waals surface area contributed by atoms with E-state index in [1.807, 2.05) is 18.2 Å². The molecular weight excluding hydrogens is 336 g/mol. The standard InChI is InChI=1S/C19H20N2O5/c1-25-16-6-5-12(11-17(16)26-2)15-4-3-9-21(15)18(22)13-7-8-20-14(10-13)19(23)24/h5-8,10-11,15H,3-4,9H2,1-2H3,(H,23,24). The molecule has 0 saturated carbocycles. The second-order valence-electron chi connectivity index (χ2n) is 6.01. The van der Waals surface area contributed by atoms with Crippen LogP contribution < -0.4 is 9.47 Å². The molecule has 1 N–H and O–H groups in total. The number of carbonyl (C=O) groups excluding carboxylic acids is 1. The third kappa shape index (κ3) is 3.33. The zero-order chi connectivity index (χ0) is 18.7. The summed E-state index contributed by atoms with van der Waals surface area (Å²) < 4.78 is 10.6. The number of rotatable bonds is 5. The van der Waals surface area contributed by atoms with Crippen molar-refractivity contribution in [3.8, 4) is 11.5 Å². The van der Waals surface area contributed by atoms with Gasteiger partial charge in [-0.25, -0.2) is 9.78 Å². The number of carboxylic acid groups (broad SMARTS) is 1. The third-order valence-corrected chi connectivity index (χ3v) is 4.53. The highest BCUT2D eigenvalue weighted by Crippen LogP contribution is 2.37. The highest BCUT2D eigenvalue weighted by Gasteiger charge is 2.31. The minimum atomic E-state index is -1.16. The number of pyridine rings is 1. The van der Waals surface area contributed by atoms with E-state index in [2.05, 4.69) is 4.98 Å². The largest absolute Gasteiger partial charge is 0.493 e. The number of methoxy groups -OCH3 is 2. The molecule has 7 heteroatoms. The number of nitrogens with zero attached hydrogens (tertiary/aromatic N) is 2. The van der Waals surface area contributed by atoms with Crippen molar-refractivity contribution in [2.75, 3.05) is 20.8 Å². The van der Waals surface area contributed by atoms with E-state index in [1.165, 1.54) is 12.3 Å². The average Bonchev–Trinajstić information content (AvgIpc) is 3.16. The Labute approximate surface area is 151 Å². The van der Waals surface area contributed by atoms with E-state index in [9.17, 15) is 9.59 Å². The number of carboxylic acids is 1. The highest BCUT2D eigenvalue weighted by molar-refractivity contribution is 5.97. The maximum atomic E-state index is 12.9. The van der Waals surface area contributed by atoms with Crippen LogP contribution in [0.5, 0.6) is 11.5 Å². The Kier molecular flexibility index (Phi) is 5.06. The lowest BCUT2D eigenvalue weighted by molar-refractivity contribution is 0.0690. The Hall–Kier alpha value is -3.09. The van der Waals surface area contributed by atoms with Gasteiger partial charge in [0, 0.05) is 18.3 Å². The molecule has 2 aromatic rings. The van der Waals surface area contributed by atoms with Crippen LogP contribution in [0.3, 0.4) is 0 Å². The molecule has 1 saturated heterocycles. The number of ether oxygens (including phenoxy) is 2. The van der Waals surface area contributed by atoms with E-state index in [1.54, 1.807) is 25.2 Å². The first-order chi connectivity index (χ1) is 12.5. The lowest BCUT2D eigenvalue weighted by atomic mass is 10.0. The monoisotopic (exact) mass is 356 g/mol. The van der Waals surface area contributed by atoms with Gasteiger partial charge in [-0.1, -0.05) is 6.07 Å². The first kappa shape index (κ1) is 17.7. The summed E-state index contributed by atoms with van der Waals surface area (Å²) in [5, 5.41) is 9.08. The Morgan fingerprint density at radius 1 is 1.15 bits per heavy atom. The number of aromatic nitrogens is 1. The van der Waals surface area contributed by atoms with Gasteiger partial charge in [-0.15, -0.1) is 0 Å². The van der Waals surface area contributed by atoms with Crippen molar-refractivity contribution in [2.45, 2.75) is 18.9 Å². The number of carbonyl (C=O) groups is 2. The molecule has 2 heterocycles. The fourth-order valence-electron chi connectivity index (χ4n) is 3.26. The van der Waals surface area contributed by atoms with Crippen molar-refractivity contribution in [1.82, 2.24) is 9.88 Å². The second kappa shape index (κ2) is 7.43. The Bertz CT molecular complexity index is 836. The number of hydrogen-bond donors (Lipinski definition) is 1. The van der Waals surface area contributed by atoms with Gasteiger partial charge in [-0.05, 0) is 42.7 Å². The molecule has 1 atom stereocenters. The van der Waals surface area contributed by atoms with Crippen molar-refractivity contribution in [2.24, 2.45) is 0 Å². The average molecular weight is 356 g/mol. The van der Waals surface area contributed by atoms with E-state index < -0.39 is 5.97 Å². The van der Waals surface area contributed by atoms with E-state index in [4.69, 9.17) is 14.6 Å². The van der Waals surface area contributed by atoms with E-state index in [0.29, 0.717) is 23.6 Å². The smallest absolute Gasteiger partial charge is 0.354 e. The summed E-state index contributed by atoms with van der Waals surface area (Å²) in [6.45, 7) is 0.614. The molecule has 0 spiro atoms. The topological polar surface area (TPSA) is 89.0 Å². The minimum Gasteiger partial charge on any atom is -0.493 e. The lowest BCUT2D eigenvalue weighted by Crippen LogP contribution is -2.30. The third-order valence-electron chi connectivity index (χ3n) is 4.53. The molecule has 26 heavy (non-hydrogen) atoms. The second-order valence-corrected chi connectivity index (χ2v) is 6.01. The summed E-state index contributed by atoms with van der Waals surface area (Å²) in [7, 11) is 3.15. The van der Waals surface area contributed by atoms with Gasteiger partial charge < -0.3 is 19.5 Å². The molecule has 1 amide bonds. The fraction of sp³-hybridized carbons (Fsp3) is 0.316. The normalized spacial score (nSPS) is 16.4. The summed E-state index contributed by atoms with van der Waals surface area (Å²) >= 11 is 0. The van der Waals surface area contributed by atoms with Gasteiger partial charge in [0.05, 0.1) is 20.3 Å². The highest BCUT2D eigenvalue weighted by atomic mass is 16.5. The van der Waals surface area contributed by atoms with Crippen LogP contribution in [-0.2, 0) is 0 Å². The summed E-state index contributed by atoms with van der Waals surface area (Å²) in [6, 6.07) is 8.39. The summed E-state index contributed by atoms with van der Waals surface area (Å²) in [4.78, 5) is 29.6. The van der Waals surface area contributed by atoms with Crippen LogP contribution >= 0.6 is 0 Å². The molecule has 1 aromatic carbocycles. The van der Waals surface area contributed by atoms with Crippen LogP contribution in [0.25, 0.3) is 0 Å². The maximum Gasteiger partial charge on any atom is 0.354 e. The zero-order valence-corrected chi connectivity index (χ0v) is 14.6. The molecule has 0 bridgehead atoms. The molecule has 7 nitrogen and oxygen atoms in total. The van der Waals surface area contributed by atoms with Gasteiger partial charge in [-0.3, -0.25) is 4.79 Å². The number of likely N-dealkylation sites (tertiary alicyclic amines) is 1. The van der Waals surface area contributed by atoms with Crippen LogP contribution in [0.2, 0.25) is 0 Å². The van der Waals surface area contributed by atoms with Crippen molar-refractivity contribution < 1.29 is 24.2 Å². The Morgan fingerprint density at radius 3 is 2.62 bits per heavy atom. The molecule has 3 rings (SSSR count). The fourth-order valence-corrected chi connectivity index (χ4v) is 3.26. The minimum absolute atomic E-state index is 0.0938. The van der Waals surface area contributed by atoms with Crippen LogP contribution in [0.15, 0.2) is 36.5 Å². The van der Waals surface area contributed by atoms with E-state index >= 15 is 0 Å². The lowest BCUT2D eigenvalue weighted by Gasteiger charge is -2.26. The summed E-state index contributed by atoms with van der Waals surface area (Å²) in [6.07, 6.45) is 3.05. The number of hydrogen-bond acceptors (Lipinski definition) is 5.